The Kier molecular flexibility index (Phi) is 3.68. The molecule has 1 aromatic rings. The van der Waals surface area contributed by atoms with Gasteiger partial charge in [-0.15, -0.1) is 11.8 Å². The van der Waals surface area contributed by atoms with E-state index in [1.165, 1.54) is 24.8 Å². The van der Waals surface area contributed by atoms with Crippen molar-refractivity contribution in [2.24, 2.45) is 0 Å². The van der Waals surface area contributed by atoms with Gasteiger partial charge in [-0.2, -0.15) is 0 Å². The van der Waals surface area contributed by atoms with E-state index in [2.05, 4.69) is 5.32 Å². The molecule has 0 bridgehead atoms. The quantitative estimate of drug-likeness (QED) is 0.487. The van der Waals surface area contributed by atoms with Gasteiger partial charge in [0, 0.05) is 17.9 Å². The monoisotopic (exact) mass is 226 g/mol. The molecule has 0 heterocycles. The summed E-state index contributed by atoms with van der Waals surface area (Å²) in [5.41, 5.74) is 0.141. The summed E-state index contributed by atoms with van der Waals surface area (Å²) >= 11 is 1.46. The molecule has 0 saturated carbocycles. The number of nitro benzene ring substituents is 1. The second kappa shape index (κ2) is 4.79. The van der Waals surface area contributed by atoms with E-state index in [0.29, 0.717) is 0 Å². The van der Waals surface area contributed by atoms with E-state index >= 15 is 0 Å². The second-order valence-electron chi connectivity index (χ2n) is 2.82. The lowest BCUT2D eigenvalue weighted by Crippen LogP contribution is -2.08. The Morgan fingerprint density at radius 1 is 1.53 bits per heavy atom. The Bertz CT molecular complexity index is 406. The number of nitrogens with one attached hydrogen (secondary N) is 1. The zero-order valence-electron chi connectivity index (χ0n) is 8.31. The molecule has 0 aliphatic rings. The van der Waals surface area contributed by atoms with E-state index in [9.17, 15) is 14.9 Å². The van der Waals surface area contributed by atoms with E-state index in [1.54, 1.807) is 12.1 Å². The van der Waals surface area contributed by atoms with Gasteiger partial charge in [0.15, 0.2) is 0 Å². The van der Waals surface area contributed by atoms with E-state index in [4.69, 9.17) is 0 Å². The van der Waals surface area contributed by atoms with Crippen molar-refractivity contribution in [1.29, 1.82) is 0 Å². The van der Waals surface area contributed by atoms with Crippen LogP contribution in [-0.4, -0.2) is 17.1 Å². The molecule has 0 unspecified atom stereocenters. The molecule has 0 aromatic heterocycles. The maximum Gasteiger partial charge on any atom is 0.292 e. The average molecular weight is 226 g/mol. The SMILES string of the molecule is CSc1ccc([N+](=O)[O-])c(NC(C)=O)c1. The maximum atomic E-state index is 10.8. The highest BCUT2D eigenvalue weighted by atomic mass is 32.2. The van der Waals surface area contributed by atoms with Crippen molar-refractivity contribution in [2.45, 2.75) is 11.8 Å². The van der Waals surface area contributed by atoms with Crippen LogP contribution in [0.4, 0.5) is 11.4 Å². The second-order valence-corrected chi connectivity index (χ2v) is 3.70. The summed E-state index contributed by atoms with van der Waals surface area (Å²) in [6, 6.07) is 4.62. The topological polar surface area (TPSA) is 72.2 Å². The van der Waals surface area contributed by atoms with Crippen molar-refractivity contribution in [3.05, 3.63) is 28.3 Å². The van der Waals surface area contributed by atoms with Crippen LogP contribution in [0, 0.1) is 10.1 Å². The molecule has 0 saturated heterocycles. The van der Waals surface area contributed by atoms with Crippen LogP contribution in [0.5, 0.6) is 0 Å². The Balaban J connectivity index is 3.16. The molecule has 1 amide bonds. The number of nitro groups is 1. The molecule has 0 aliphatic carbocycles. The molecule has 1 N–H and O–H groups in total. The summed E-state index contributed by atoms with van der Waals surface area (Å²) in [4.78, 5) is 21.8. The van der Waals surface area contributed by atoms with E-state index in [1.807, 2.05) is 6.26 Å². The molecule has 6 heteroatoms. The summed E-state index contributed by atoms with van der Waals surface area (Å²) in [5.74, 6) is -0.323. The number of rotatable bonds is 3. The summed E-state index contributed by atoms with van der Waals surface area (Å²) in [6.07, 6.45) is 1.86. The zero-order chi connectivity index (χ0) is 11.4. The van der Waals surface area contributed by atoms with Gasteiger partial charge in [0.2, 0.25) is 5.91 Å². The van der Waals surface area contributed by atoms with Gasteiger partial charge in [0.1, 0.15) is 5.69 Å². The highest BCUT2D eigenvalue weighted by Crippen LogP contribution is 2.28. The fourth-order valence-electron chi connectivity index (χ4n) is 1.09. The third kappa shape index (κ3) is 2.95. The van der Waals surface area contributed by atoms with Gasteiger partial charge in [0.05, 0.1) is 4.92 Å². The van der Waals surface area contributed by atoms with Crippen molar-refractivity contribution in [3.63, 3.8) is 0 Å². The van der Waals surface area contributed by atoms with Crippen LogP contribution in [0.15, 0.2) is 23.1 Å². The minimum absolute atomic E-state index is 0.0944. The highest BCUT2D eigenvalue weighted by Gasteiger charge is 2.14. The molecule has 5 nitrogen and oxygen atoms in total. The van der Waals surface area contributed by atoms with Crippen molar-refractivity contribution >= 4 is 29.0 Å². The van der Waals surface area contributed by atoms with Crippen molar-refractivity contribution < 1.29 is 9.72 Å². The number of hydrogen-bond acceptors (Lipinski definition) is 4. The first-order valence-corrected chi connectivity index (χ1v) is 5.37. The number of hydrogen-bond donors (Lipinski definition) is 1. The van der Waals surface area contributed by atoms with Crippen LogP contribution in [0.1, 0.15) is 6.92 Å². The summed E-state index contributed by atoms with van der Waals surface area (Å²) in [6.45, 7) is 1.31. The minimum atomic E-state index is -0.518. The Hall–Kier alpha value is -1.56. The fourth-order valence-corrected chi connectivity index (χ4v) is 1.53. The molecule has 0 radical (unpaired) electrons. The summed E-state index contributed by atoms with van der Waals surface area (Å²) < 4.78 is 0. The molecule has 80 valence electrons. The number of benzene rings is 1. The van der Waals surface area contributed by atoms with Crippen LogP contribution in [0.3, 0.4) is 0 Å². The van der Waals surface area contributed by atoms with Gasteiger partial charge in [-0.05, 0) is 18.4 Å². The molecule has 1 aromatic carbocycles. The summed E-state index contributed by atoms with van der Waals surface area (Å²) in [7, 11) is 0. The van der Waals surface area contributed by atoms with E-state index in [0.717, 1.165) is 4.90 Å². The van der Waals surface area contributed by atoms with Crippen LogP contribution >= 0.6 is 11.8 Å². The standard InChI is InChI=1S/C9H10N2O3S/c1-6(12)10-8-5-7(15-2)3-4-9(8)11(13)14/h3-5H,1-2H3,(H,10,12). The molecule has 0 fully saturated rings. The minimum Gasteiger partial charge on any atom is -0.321 e. The van der Waals surface area contributed by atoms with Crippen molar-refractivity contribution in [1.82, 2.24) is 0 Å². The van der Waals surface area contributed by atoms with Gasteiger partial charge >= 0.3 is 0 Å². The smallest absolute Gasteiger partial charge is 0.292 e. The molecular formula is C9H10N2O3S. The predicted molar refractivity (Wildman–Crippen MR) is 59.2 cm³/mol. The fraction of sp³-hybridized carbons (Fsp3) is 0.222. The average Bonchev–Trinajstić information content (AvgIpc) is 2.16. The highest BCUT2D eigenvalue weighted by molar-refractivity contribution is 7.98. The van der Waals surface area contributed by atoms with Gasteiger partial charge in [0.25, 0.3) is 5.69 Å². The van der Waals surface area contributed by atoms with Crippen LogP contribution in [0.2, 0.25) is 0 Å². The molecule has 0 aliphatic heterocycles. The largest absolute Gasteiger partial charge is 0.321 e. The molecular weight excluding hydrogens is 216 g/mol. The number of thioether (sulfide) groups is 1. The van der Waals surface area contributed by atoms with Crippen molar-refractivity contribution in [3.8, 4) is 0 Å². The lowest BCUT2D eigenvalue weighted by Gasteiger charge is -2.04. The Morgan fingerprint density at radius 3 is 2.67 bits per heavy atom. The zero-order valence-corrected chi connectivity index (χ0v) is 9.13. The lowest BCUT2D eigenvalue weighted by atomic mass is 10.2. The number of carbonyl (C=O) groups is 1. The first kappa shape index (κ1) is 11.5. The van der Waals surface area contributed by atoms with Crippen molar-refractivity contribution in [2.75, 3.05) is 11.6 Å². The van der Waals surface area contributed by atoms with Gasteiger partial charge in [-0.3, -0.25) is 14.9 Å². The summed E-state index contributed by atoms with van der Waals surface area (Å²) in [5, 5.41) is 13.1. The van der Waals surface area contributed by atoms with Crippen LogP contribution in [0.25, 0.3) is 0 Å². The van der Waals surface area contributed by atoms with E-state index < -0.39 is 4.92 Å². The molecule has 15 heavy (non-hydrogen) atoms. The normalized spacial score (nSPS) is 9.73. The van der Waals surface area contributed by atoms with Gasteiger partial charge in [-0.25, -0.2) is 0 Å². The number of amides is 1. The number of carbonyl (C=O) groups excluding carboxylic acids is 1. The first-order valence-electron chi connectivity index (χ1n) is 4.14. The first-order chi connectivity index (χ1) is 7.04. The number of nitrogens with zero attached hydrogens (tertiary/aromatic N) is 1. The van der Waals surface area contributed by atoms with Crippen LogP contribution in [-0.2, 0) is 4.79 Å². The third-order valence-corrected chi connectivity index (χ3v) is 2.44. The molecule has 1 rings (SSSR count). The van der Waals surface area contributed by atoms with Gasteiger partial charge < -0.3 is 5.32 Å². The Labute approximate surface area is 91.0 Å². The lowest BCUT2D eigenvalue weighted by molar-refractivity contribution is -0.384. The Morgan fingerprint density at radius 2 is 2.20 bits per heavy atom. The predicted octanol–water partition coefficient (Wildman–Crippen LogP) is 2.28. The molecule has 0 spiro atoms. The number of anilines is 1. The van der Waals surface area contributed by atoms with E-state index in [-0.39, 0.29) is 17.3 Å². The van der Waals surface area contributed by atoms with Gasteiger partial charge in [-0.1, -0.05) is 0 Å². The molecule has 0 atom stereocenters. The maximum absolute atomic E-state index is 10.8. The van der Waals surface area contributed by atoms with Crippen LogP contribution < -0.4 is 5.32 Å². The third-order valence-electron chi connectivity index (χ3n) is 1.71.